The van der Waals surface area contributed by atoms with Crippen LogP contribution in [0.15, 0.2) is 0 Å². The predicted octanol–water partition coefficient (Wildman–Crippen LogP) is 5.85. The molecule has 27 heavy (non-hydrogen) atoms. The van der Waals surface area contributed by atoms with E-state index in [1.807, 2.05) is 0 Å². The maximum absolute atomic E-state index is 11.7. The van der Waals surface area contributed by atoms with E-state index in [0.717, 1.165) is 32.2 Å². The lowest BCUT2D eigenvalue weighted by molar-refractivity contribution is -0.909. The van der Waals surface area contributed by atoms with Crippen molar-refractivity contribution < 1.29 is 14.4 Å². The SMILES string of the molecule is CCCCCCCCCCCC[N+](C)(C)C(CCCCCCCC)C(=O)[O-]. The van der Waals surface area contributed by atoms with E-state index in [1.54, 1.807) is 0 Å². The summed E-state index contributed by atoms with van der Waals surface area (Å²) >= 11 is 0. The lowest BCUT2D eigenvalue weighted by atomic mass is 10.0. The van der Waals surface area contributed by atoms with Gasteiger partial charge in [-0.2, -0.15) is 0 Å². The van der Waals surface area contributed by atoms with Gasteiger partial charge in [-0.1, -0.05) is 97.3 Å². The number of aliphatic carboxylic acids is 1. The molecule has 0 amide bonds. The fourth-order valence-electron chi connectivity index (χ4n) is 4.03. The number of likely N-dealkylation sites (N-methyl/N-ethyl adjacent to an activating group) is 1. The normalized spacial score (nSPS) is 13.0. The number of rotatable bonds is 20. The van der Waals surface area contributed by atoms with Gasteiger partial charge < -0.3 is 14.4 Å². The Balaban J connectivity index is 3.88. The van der Waals surface area contributed by atoms with Crippen molar-refractivity contribution in [3.8, 4) is 0 Å². The summed E-state index contributed by atoms with van der Waals surface area (Å²) < 4.78 is 0.578. The molecule has 1 unspecified atom stereocenters. The molecule has 0 fully saturated rings. The van der Waals surface area contributed by atoms with Gasteiger partial charge in [0.05, 0.1) is 26.6 Å². The van der Waals surface area contributed by atoms with Gasteiger partial charge in [-0.3, -0.25) is 0 Å². The summed E-state index contributed by atoms with van der Waals surface area (Å²) in [6.07, 6.45) is 21.2. The Labute approximate surface area is 170 Å². The molecular weight excluding hydrogens is 334 g/mol. The van der Waals surface area contributed by atoms with Gasteiger partial charge in [0.25, 0.3) is 0 Å². The van der Waals surface area contributed by atoms with Crippen LogP contribution in [0.2, 0.25) is 0 Å². The first-order valence-electron chi connectivity index (χ1n) is 12.0. The van der Waals surface area contributed by atoms with E-state index in [0.29, 0.717) is 4.48 Å². The zero-order valence-corrected chi connectivity index (χ0v) is 19.1. The number of carbonyl (C=O) groups excluding carboxylic acids is 1. The first-order chi connectivity index (χ1) is 13.0. The van der Waals surface area contributed by atoms with E-state index in [1.165, 1.54) is 83.5 Å². The Morgan fingerprint density at radius 3 is 1.44 bits per heavy atom. The van der Waals surface area contributed by atoms with Gasteiger partial charge in [0.1, 0.15) is 6.04 Å². The largest absolute Gasteiger partial charge is 0.544 e. The van der Waals surface area contributed by atoms with Crippen molar-refractivity contribution in [1.82, 2.24) is 0 Å². The summed E-state index contributed by atoms with van der Waals surface area (Å²) in [4.78, 5) is 11.7. The third-order valence-corrected chi connectivity index (χ3v) is 6.03. The molecule has 0 bridgehead atoms. The van der Waals surface area contributed by atoms with Crippen molar-refractivity contribution in [3.05, 3.63) is 0 Å². The molecule has 3 heteroatoms. The second kappa shape index (κ2) is 17.5. The van der Waals surface area contributed by atoms with Gasteiger partial charge in [-0.05, 0) is 19.3 Å². The van der Waals surface area contributed by atoms with Gasteiger partial charge in [0.15, 0.2) is 0 Å². The zero-order chi connectivity index (χ0) is 20.4. The maximum Gasteiger partial charge on any atom is 0.129 e. The summed E-state index contributed by atoms with van der Waals surface area (Å²) in [7, 11) is 4.15. The van der Waals surface area contributed by atoms with Crippen LogP contribution < -0.4 is 5.11 Å². The smallest absolute Gasteiger partial charge is 0.129 e. The lowest BCUT2D eigenvalue weighted by Crippen LogP contribution is -2.57. The van der Waals surface area contributed by atoms with Gasteiger partial charge >= 0.3 is 0 Å². The first kappa shape index (κ1) is 26.4. The van der Waals surface area contributed by atoms with Crippen LogP contribution in [-0.4, -0.2) is 37.1 Å². The van der Waals surface area contributed by atoms with E-state index in [9.17, 15) is 9.90 Å². The lowest BCUT2D eigenvalue weighted by Gasteiger charge is -2.39. The molecule has 0 aromatic heterocycles. The highest BCUT2D eigenvalue weighted by Gasteiger charge is 2.28. The van der Waals surface area contributed by atoms with Crippen LogP contribution >= 0.6 is 0 Å². The molecule has 1 atom stereocenters. The minimum atomic E-state index is -0.861. The molecule has 0 aromatic rings. The summed E-state index contributed by atoms with van der Waals surface area (Å²) in [6.45, 7) is 5.43. The summed E-state index contributed by atoms with van der Waals surface area (Å²) in [6, 6.07) is -0.352. The van der Waals surface area contributed by atoms with Crippen LogP contribution in [0.5, 0.6) is 0 Å². The van der Waals surface area contributed by atoms with Crippen LogP contribution in [-0.2, 0) is 4.79 Å². The van der Waals surface area contributed by atoms with Crippen molar-refractivity contribution in [2.75, 3.05) is 20.6 Å². The topological polar surface area (TPSA) is 40.1 Å². The summed E-state index contributed by atoms with van der Waals surface area (Å²) in [5.41, 5.74) is 0. The molecule has 0 aliphatic heterocycles. The number of unbranched alkanes of at least 4 members (excludes halogenated alkanes) is 14. The zero-order valence-electron chi connectivity index (χ0n) is 19.1. The van der Waals surface area contributed by atoms with Crippen LogP contribution in [0.25, 0.3) is 0 Å². The molecule has 0 rings (SSSR count). The van der Waals surface area contributed by atoms with E-state index in [4.69, 9.17) is 0 Å². The molecular formula is C24H49NO2. The average molecular weight is 384 g/mol. The second-order valence-corrected chi connectivity index (χ2v) is 9.08. The van der Waals surface area contributed by atoms with E-state index in [2.05, 4.69) is 27.9 Å². The Bertz CT molecular complexity index is 341. The molecule has 0 N–H and O–H groups in total. The Hall–Kier alpha value is -0.570. The number of hydrogen-bond acceptors (Lipinski definition) is 2. The van der Waals surface area contributed by atoms with Gasteiger partial charge in [-0.15, -0.1) is 0 Å². The van der Waals surface area contributed by atoms with Gasteiger partial charge in [0, 0.05) is 6.42 Å². The summed E-state index contributed by atoms with van der Waals surface area (Å²) in [5, 5.41) is 11.7. The fraction of sp³-hybridized carbons (Fsp3) is 0.958. The minimum absolute atomic E-state index is 0.352. The number of hydrogen-bond donors (Lipinski definition) is 0. The molecule has 0 saturated heterocycles. The standard InChI is InChI=1S/C24H49NO2/c1-5-7-9-11-13-14-15-16-18-20-22-25(3,4)23(24(26)27)21-19-17-12-10-8-6-2/h23H,5-22H2,1-4H3. The molecule has 0 aliphatic rings. The second-order valence-electron chi connectivity index (χ2n) is 9.08. The highest BCUT2D eigenvalue weighted by atomic mass is 16.4. The molecule has 0 spiro atoms. The van der Waals surface area contributed by atoms with Crippen molar-refractivity contribution in [1.29, 1.82) is 0 Å². The maximum atomic E-state index is 11.7. The number of carboxylic acid groups (broad SMARTS) is 1. The molecule has 0 saturated carbocycles. The monoisotopic (exact) mass is 383 g/mol. The molecule has 0 aromatic carbocycles. The summed E-state index contributed by atoms with van der Waals surface area (Å²) in [5.74, 6) is -0.861. The van der Waals surface area contributed by atoms with E-state index >= 15 is 0 Å². The van der Waals surface area contributed by atoms with Crippen molar-refractivity contribution in [2.45, 2.75) is 129 Å². The van der Waals surface area contributed by atoms with Crippen LogP contribution in [0.1, 0.15) is 123 Å². The quantitative estimate of drug-likeness (QED) is 0.195. The number of nitrogens with zero attached hydrogens (tertiary/aromatic N) is 1. The van der Waals surface area contributed by atoms with Crippen molar-refractivity contribution >= 4 is 5.97 Å². The van der Waals surface area contributed by atoms with Gasteiger partial charge in [0.2, 0.25) is 0 Å². The molecule has 0 heterocycles. The van der Waals surface area contributed by atoms with Crippen molar-refractivity contribution in [3.63, 3.8) is 0 Å². The van der Waals surface area contributed by atoms with Crippen molar-refractivity contribution in [2.24, 2.45) is 0 Å². The van der Waals surface area contributed by atoms with Crippen LogP contribution in [0, 0.1) is 0 Å². The average Bonchev–Trinajstić information content (AvgIpc) is 2.62. The minimum Gasteiger partial charge on any atom is -0.544 e. The first-order valence-corrected chi connectivity index (χ1v) is 12.0. The third kappa shape index (κ3) is 15.1. The van der Waals surface area contributed by atoms with Crippen LogP contribution in [0.3, 0.4) is 0 Å². The predicted molar refractivity (Wildman–Crippen MR) is 116 cm³/mol. The number of carbonyl (C=O) groups is 1. The third-order valence-electron chi connectivity index (χ3n) is 6.03. The van der Waals surface area contributed by atoms with E-state index < -0.39 is 5.97 Å². The Kier molecular flexibility index (Phi) is 17.2. The van der Waals surface area contributed by atoms with E-state index in [-0.39, 0.29) is 6.04 Å². The molecule has 162 valence electrons. The molecule has 0 aliphatic carbocycles. The Morgan fingerprint density at radius 1 is 0.667 bits per heavy atom. The van der Waals surface area contributed by atoms with Gasteiger partial charge in [-0.25, -0.2) is 0 Å². The van der Waals surface area contributed by atoms with Crippen LogP contribution in [0.4, 0.5) is 0 Å². The molecule has 3 nitrogen and oxygen atoms in total. The Morgan fingerprint density at radius 2 is 1.04 bits per heavy atom. The number of quaternary nitrogens is 1. The molecule has 0 radical (unpaired) electrons. The highest BCUT2D eigenvalue weighted by molar-refractivity contribution is 5.69. The fourth-order valence-corrected chi connectivity index (χ4v) is 4.03. The highest BCUT2D eigenvalue weighted by Crippen LogP contribution is 2.18. The number of carboxylic acids is 1.